The smallest absolute Gasteiger partial charge is 0.387 e. The molecule has 7 heteroatoms. The van der Waals surface area contributed by atoms with Crippen LogP contribution in [0, 0.1) is 0 Å². The van der Waals surface area contributed by atoms with Crippen molar-refractivity contribution >= 4 is 5.91 Å². The van der Waals surface area contributed by atoms with Crippen LogP contribution in [0.5, 0.6) is 5.75 Å². The predicted octanol–water partition coefficient (Wildman–Crippen LogP) is 2.98. The van der Waals surface area contributed by atoms with Gasteiger partial charge in [0.2, 0.25) is 5.91 Å². The molecule has 1 N–H and O–H groups in total. The van der Waals surface area contributed by atoms with Crippen LogP contribution >= 0.6 is 0 Å². The highest BCUT2D eigenvalue weighted by Crippen LogP contribution is 2.16. The molecule has 1 fully saturated rings. The fourth-order valence-electron chi connectivity index (χ4n) is 3.11. The molecule has 0 spiro atoms. The summed E-state index contributed by atoms with van der Waals surface area (Å²) in [6.45, 7) is 1.75. The lowest BCUT2D eigenvalue weighted by Gasteiger charge is -2.27. The molecule has 3 rings (SSSR count). The largest absolute Gasteiger partial charge is 0.435 e. The monoisotopic (exact) mass is 390 g/mol. The number of halogens is 2. The van der Waals surface area contributed by atoms with Crippen LogP contribution in [0.3, 0.4) is 0 Å². The number of alkyl halides is 2. The van der Waals surface area contributed by atoms with Crippen molar-refractivity contribution in [1.29, 1.82) is 0 Å². The zero-order valence-corrected chi connectivity index (χ0v) is 15.6. The molecular weight excluding hydrogens is 366 g/mol. The summed E-state index contributed by atoms with van der Waals surface area (Å²) in [5.41, 5.74) is 3.02. The van der Waals surface area contributed by atoms with E-state index in [1.165, 1.54) is 17.7 Å². The Bertz CT molecular complexity index is 763. The summed E-state index contributed by atoms with van der Waals surface area (Å²) in [5.74, 6) is -0.0418. The molecular formula is C21H24F2N2O3. The lowest BCUT2D eigenvalue weighted by Crippen LogP contribution is -2.36. The number of benzene rings is 2. The van der Waals surface area contributed by atoms with E-state index in [1.807, 2.05) is 18.2 Å². The molecule has 0 atom stereocenters. The van der Waals surface area contributed by atoms with Crippen molar-refractivity contribution in [1.82, 2.24) is 10.2 Å². The van der Waals surface area contributed by atoms with Crippen molar-refractivity contribution in [3.63, 3.8) is 0 Å². The van der Waals surface area contributed by atoms with E-state index in [-0.39, 0.29) is 18.1 Å². The summed E-state index contributed by atoms with van der Waals surface area (Å²) in [7, 11) is 0. The molecule has 2 aromatic carbocycles. The molecule has 0 radical (unpaired) electrons. The van der Waals surface area contributed by atoms with Crippen molar-refractivity contribution in [3.05, 3.63) is 65.2 Å². The van der Waals surface area contributed by atoms with Gasteiger partial charge in [0.15, 0.2) is 0 Å². The van der Waals surface area contributed by atoms with Gasteiger partial charge in [0.05, 0.1) is 19.6 Å². The second kappa shape index (κ2) is 10.1. The number of carbonyl (C=O) groups is 1. The first kappa shape index (κ1) is 20.2. The van der Waals surface area contributed by atoms with E-state index in [1.54, 1.807) is 12.1 Å². The van der Waals surface area contributed by atoms with Crippen LogP contribution < -0.4 is 10.1 Å². The van der Waals surface area contributed by atoms with Crippen LogP contribution in [0.2, 0.25) is 0 Å². The van der Waals surface area contributed by atoms with Gasteiger partial charge < -0.3 is 14.8 Å². The minimum absolute atomic E-state index is 0.0798. The van der Waals surface area contributed by atoms with Gasteiger partial charge in [-0.15, -0.1) is 0 Å². The fraction of sp³-hybridized carbons (Fsp3) is 0.381. The molecule has 28 heavy (non-hydrogen) atoms. The zero-order chi connectivity index (χ0) is 19.8. The van der Waals surface area contributed by atoms with E-state index >= 15 is 0 Å². The molecule has 1 aliphatic rings. The Balaban J connectivity index is 1.51. The third-order valence-corrected chi connectivity index (χ3v) is 4.61. The first-order valence-electron chi connectivity index (χ1n) is 9.27. The molecule has 1 saturated heterocycles. The Hall–Kier alpha value is -2.51. The summed E-state index contributed by atoms with van der Waals surface area (Å²) in [6.07, 6.45) is 0.181. The molecule has 0 saturated carbocycles. The molecule has 0 bridgehead atoms. The molecule has 0 aromatic heterocycles. The van der Waals surface area contributed by atoms with Crippen LogP contribution in [0.1, 0.15) is 16.7 Å². The Morgan fingerprint density at radius 3 is 2.43 bits per heavy atom. The highest BCUT2D eigenvalue weighted by Gasteiger charge is 2.13. The number of amides is 1. The van der Waals surface area contributed by atoms with Gasteiger partial charge in [-0.3, -0.25) is 9.69 Å². The van der Waals surface area contributed by atoms with Crippen molar-refractivity contribution in [2.45, 2.75) is 26.1 Å². The van der Waals surface area contributed by atoms with Gasteiger partial charge in [0, 0.05) is 26.2 Å². The van der Waals surface area contributed by atoms with Gasteiger partial charge in [-0.1, -0.05) is 36.4 Å². The van der Waals surface area contributed by atoms with Gasteiger partial charge in [0.1, 0.15) is 5.75 Å². The van der Waals surface area contributed by atoms with E-state index in [0.717, 1.165) is 44.0 Å². The Morgan fingerprint density at radius 1 is 1.07 bits per heavy atom. The third kappa shape index (κ3) is 6.28. The first-order valence-corrected chi connectivity index (χ1v) is 9.27. The maximum Gasteiger partial charge on any atom is 0.387 e. The summed E-state index contributed by atoms with van der Waals surface area (Å²) < 4.78 is 34.1. The Morgan fingerprint density at radius 2 is 1.75 bits per heavy atom. The fourth-order valence-corrected chi connectivity index (χ4v) is 3.11. The second-order valence-electron chi connectivity index (χ2n) is 6.63. The first-order chi connectivity index (χ1) is 13.6. The van der Waals surface area contributed by atoms with Gasteiger partial charge in [-0.2, -0.15) is 8.78 Å². The number of nitrogens with zero attached hydrogens (tertiary/aromatic N) is 1. The number of nitrogens with one attached hydrogen (secondary N) is 1. The minimum atomic E-state index is -2.85. The molecule has 0 unspecified atom stereocenters. The van der Waals surface area contributed by atoms with E-state index in [2.05, 4.69) is 21.0 Å². The minimum Gasteiger partial charge on any atom is -0.435 e. The SMILES string of the molecule is O=C(Cc1ccc(OC(F)F)cc1)NCc1ccccc1CN1CCOCC1. The van der Waals surface area contributed by atoms with Crippen LogP contribution in [0.15, 0.2) is 48.5 Å². The lowest BCUT2D eigenvalue weighted by atomic mass is 10.1. The molecule has 1 heterocycles. The number of carbonyl (C=O) groups excluding carboxylic acids is 1. The highest BCUT2D eigenvalue weighted by molar-refractivity contribution is 5.78. The molecule has 150 valence electrons. The van der Waals surface area contributed by atoms with Gasteiger partial charge in [-0.05, 0) is 28.8 Å². The topological polar surface area (TPSA) is 50.8 Å². The average molecular weight is 390 g/mol. The third-order valence-electron chi connectivity index (χ3n) is 4.61. The number of hydrogen-bond donors (Lipinski definition) is 1. The normalized spacial score (nSPS) is 14.8. The molecule has 5 nitrogen and oxygen atoms in total. The highest BCUT2D eigenvalue weighted by atomic mass is 19.3. The number of ether oxygens (including phenoxy) is 2. The van der Waals surface area contributed by atoms with Crippen molar-refractivity contribution < 1.29 is 23.0 Å². The van der Waals surface area contributed by atoms with Gasteiger partial charge >= 0.3 is 6.61 Å². The molecule has 2 aromatic rings. The predicted molar refractivity (Wildman–Crippen MR) is 101 cm³/mol. The van der Waals surface area contributed by atoms with Crippen molar-refractivity contribution in [3.8, 4) is 5.75 Å². The molecule has 1 aliphatic heterocycles. The summed E-state index contributed by atoms with van der Waals surface area (Å²) in [4.78, 5) is 14.6. The Kier molecular flexibility index (Phi) is 7.33. The summed E-state index contributed by atoms with van der Waals surface area (Å²) >= 11 is 0. The quantitative estimate of drug-likeness (QED) is 0.753. The maximum absolute atomic E-state index is 12.3. The summed E-state index contributed by atoms with van der Waals surface area (Å²) in [6, 6.07) is 14.2. The molecule has 0 aliphatic carbocycles. The maximum atomic E-state index is 12.3. The zero-order valence-electron chi connectivity index (χ0n) is 15.6. The van der Waals surface area contributed by atoms with Crippen LogP contribution in [0.4, 0.5) is 8.78 Å². The van der Waals surface area contributed by atoms with Crippen molar-refractivity contribution in [2.24, 2.45) is 0 Å². The number of rotatable bonds is 8. The number of morpholine rings is 1. The lowest BCUT2D eigenvalue weighted by molar-refractivity contribution is -0.120. The van der Waals surface area contributed by atoms with Crippen LogP contribution in [0.25, 0.3) is 0 Å². The molecule has 1 amide bonds. The number of hydrogen-bond acceptors (Lipinski definition) is 4. The second-order valence-corrected chi connectivity index (χ2v) is 6.63. The standard InChI is InChI=1S/C21H24F2N2O3/c22-21(23)28-19-7-5-16(6-8-19)13-20(26)24-14-17-3-1-2-4-18(17)15-25-9-11-27-12-10-25/h1-8,21H,9-15H2,(H,24,26). The van der Waals surface area contributed by atoms with E-state index in [0.29, 0.717) is 6.54 Å². The van der Waals surface area contributed by atoms with E-state index in [4.69, 9.17) is 4.74 Å². The van der Waals surface area contributed by atoms with Gasteiger partial charge in [0.25, 0.3) is 0 Å². The summed E-state index contributed by atoms with van der Waals surface area (Å²) in [5, 5.41) is 2.94. The van der Waals surface area contributed by atoms with Crippen LogP contribution in [-0.2, 0) is 29.0 Å². The van der Waals surface area contributed by atoms with Crippen molar-refractivity contribution in [2.75, 3.05) is 26.3 Å². The van der Waals surface area contributed by atoms with Crippen LogP contribution in [-0.4, -0.2) is 43.7 Å². The average Bonchev–Trinajstić information content (AvgIpc) is 2.69. The van der Waals surface area contributed by atoms with E-state index < -0.39 is 6.61 Å². The Labute approximate surface area is 163 Å². The van der Waals surface area contributed by atoms with Gasteiger partial charge in [-0.25, -0.2) is 0 Å². The van der Waals surface area contributed by atoms with E-state index in [9.17, 15) is 13.6 Å².